The van der Waals surface area contributed by atoms with Gasteiger partial charge in [-0.3, -0.25) is 9.59 Å². The SMILES string of the molecule is CN(C)CCCNC(=O)[C@H](CC1OC1C[C@H](NC(=O)OCc1ccccc1)C(=O)NCCCN(C)C)NC(=O)OCc1ccccc1. The highest BCUT2D eigenvalue weighted by Crippen LogP contribution is 2.31. The van der Waals surface area contributed by atoms with E-state index in [1.54, 1.807) is 0 Å². The van der Waals surface area contributed by atoms with Crippen LogP contribution in [0.25, 0.3) is 0 Å². The van der Waals surface area contributed by atoms with Crippen molar-refractivity contribution < 1.29 is 33.4 Å². The predicted molar refractivity (Wildman–Crippen MR) is 177 cm³/mol. The van der Waals surface area contributed by atoms with E-state index < -0.39 is 36.5 Å². The lowest BCUT2D eigenvalue weighted by atomic mass is 10.0. The Morgan fingerprint density at radius 3 is 1.40 bits per heavy atom. The second-order valence-corrected chi connectivity index (χ2v) is 12.1. The molecule has 4 amide bonds. The zero-order valence-electron chi connectivity index (χ0n) is 27.9. The van der Waals surface area contributed by atoms with E-state index >= 15 is 0 Å². The minimum absolute atomic E-state index is 0.0593. The molecule has 4 atom stereocenters. The Balaban J connectivity index is 1.58. The molecule has 0 spiro atoms. The maximum Gasteiger partial charge on any atom is 0.408 e. The van der Waals surface area contributed by atoms with Crippen LogP contribution in [0.15, 0.2) is 60.7 Å². The molecule has 1 aliphatic rings. The molecule has 4 N–H and O–H groups in total. The molecule has 258 valence electrons. The van der Waals surface area contributed by atoms with Crippen molar-refractivity contribution in [3.8, 4) is 0 Å². The molecule has 0 aliphatic carbocycles. The van der Waals surface area contributed by atoms with Crippen LogP contribution < -0.4 is 21.3 Å². The number of carbonyl (C=O) groups excluding carboxylic acids is 4. The summed E-state index contributed by atoms with van der Waals surface area (Å²) in [6, 6.07) is 16.6. The Kier molecular flexibility index (Phi) is 16.0. The normalized spacial score (nSPS) is 16.6. The number of benzene rings is 2. The van der Waals surface area contributed by atoms with Gasteiger partial charge in [0.25, 0.3) is 0 Å². The fourth-order valence-corrected chi connectivity index (χ4v) is 4.80. The summed E-state index contributed by atoms with van der Waals surface area (Å²) in [6.45, 7) is 2.59. The number of amides is 4. The Morgan fingerprint density at radius 2 is 1.04 bits per heavy atom. The first-order valence-corrected chi connectivity index (χ1v) is 16.1. The van der Waals surface area contributed by atoms with Crippen molar-refractivity contribution >= 4 is 24.0 Å². The highest BCUT2D eigenvalue weighted by Gasteiger charge is 2.44. The van der Waals surface area contributed by atoms with E-state index in [-0.39, 0.29) is 37.9 Å². The van der Waals surface area contributed by atoms with Crippen LogP contribution in [0.5, 0.6) is 0 Å². The second-order valence-electron chi connectivity index (χ2n) is 12.1. The van der Waals surface area contributed by atoms with Gasteiger partial charge in [-0.1, -0.05) is 60.7 Å². The number of nitrogens with one attached hydrogen (secondary N) is 4. The van der Waals surface area contributed by atoms with Gasteiger partial charge in [0.2, 0.25) is 11.8 Å². The summed E-state index contributed by atoms with van der Waals surface area (Å²) in [6.07, 6.45) is -0.482. The molecule has 13 heteroatoms. The Labute approximate surface area is 277 Å². The van der Waals surface area contributed by atoms with Crippen molar-refractivity contribution in [3.63, 3.8) is 0 Å². The van der Waals surface area contributed by atoms with Crippen LogP contribution in [-0.4, -0.2) is 112 Å². The second kappa shape index (κ2) is 20.1. The van der Waals surface area contributed by atoms with Gasteiger partial charge in [0.15, 0.2) is 0 Å². The average molecular weight is 655 g/mol. The maximum absolute atomic E-state index is 13.1. The lowest BCUT2D eigenvalue weighted by molar-refractivity contribution is -0.124. The Morgan fingerprint density at radius 1 is 0.660 bits per heavy atom. The first kappa shape index (κ1) is 37.3. The molecule has 1 heterocycles. The third-order valence-electron chi connectivity index (χ3n) is 7.43. The molecule has 1 aliphatic heterocycles. The molecule has 0 aromatic heterocycles. The Hall–Kier alpha value is -4.20. The third kappa shape index (κ3) is 15.3. The maximum atomic E-state index is 13.1. The lowest BCUT2D eigenvalue weighted by Crippen LogP contribution is -2.49. The van der Waals surface area contributed by atoms with Gasteiger partial charge in [-0.25, -0.2) is 9.59 Å². The minimum atomic E-state index is -0.922. The van der Waals surface area contributed by atoms with Crippen molar-refractivity contribution in [2.45, 2.75) is 63.2 Å². The molecule has 0 bridgehead atoms. The van der Waals surface area contributed by atoms with Crippen LogP contribution in [0.3, 0.4) is 0 Å². The Bertz CT molecular complexity index is 1150. The topological polar surface area (TPSA) is 154 Å². The summed E-state index contributed by atoms with van der Waals surface area (Å²) in [5, 5.41) is 11.1. The fraction of sp³-hybridized carbons (Fsp3) is 0.529. The smallest absolute Gasteiger partial charge is 0.408 e. The van der Waals surface area contributed by atoms with Gasteiger partial charge in [0, 0.05) is 25.9 Å². The summed E-state index contributed by atoms with van der Waals surface area (Å²) in [4.78, 5) is 55.7. The van der Waals surface area contributed by atoms with Crippen molar-refractivity contribution in [2.24, 2.45) is 0 Å². The van der Waals surface area contributed by atoms with Gasteiger partial charge in [0.05, 0.1) is 12.2 Å². The van der Waals surface area contributed by atoms with Crippen LogP contribution in [0.4, 0.5) is 9.59 Å². The molecular formula is C34H50N6O7. The van der Waals surface area contributed by atoms with Crippen molar-refractivity contribution in [2.75, 3.05) is 54.4 Å². The highest BCUT2D eigenvalue weighted by atomic mass is 16.6. The number of hydrogen-bond acceptors (Lipinski definition) is 9. The molecule has 2 aromatic rings. The van der Waals surface area contributed by atoms with Crippen LogP contribution in [-0.2, 0) is 37.0 Å². The number of epoxide rings is 1. The molecule has 2 aromatic carbocycles. The summed E-state index contributed by atoms with van der Waals surface area (Å²) < 4.78 is 16.6. The molecule has 1 saturated heterocycles. The monoisotopic (exact) mass is 654 g/mol. The summed E-state index contributed by atoms with van der Waals surface area (Å²) in [5.74, 6) is -0.708. The van der Waals surface area contributed by atoms with E-state index in [9.17, 15) is 19.2 Å². The number of hydrogen-bond donors (Lipinski definition) is 4. The quantitative estimate of drug-likeness (QED) is 0.124. The van der Waals surface area contributed by atoms with E-state index in [4.69, 9.17) is 14.2 Å². The number of rotatable bonds is 20. The van der Waals surface area contributed by atoms with Gasteiger partial charge in [0.1, 0.15) is 25.3 Å². The van der Waals surface area contributed by atoms with Crippen LogP contribution >= 0.6 is 0 Å². The number of alkyl carbamates (subject to hydrolysis) is 2. The van der Waals surface area contributed by atoms with Crippen LogP contribution in [0, 0.1) is 0 Å². The van der Waals surface area contributed by atoms with E-state index in [1.165, 1.54) is 0 Å². The molecule has 2 unspecified atom stereocenters. The first-order valence-electron chi connectivity index (χ1n) is 16.1. The van der Waals surface area contributed by atoms with E-state index in [0.29, 0.717) is 13.1 Å². The van der Waals surface area contributed by atoms with Crippen molar-refractivity contribution in [3.05, 3.63) is 71.8 Å². The lowest BCUT2D eigenvalue weighted by Gasteiger charge is -2.19. The van der Waals surface area contributed by atoms with Crippen molar-refractivity contribution in [1.82, 2.24) is 31.1 Å². The molecular weight excluding hydrogens is 604 g/mol. The molecule has 1 fully saturated rings. The third-order valence-corrected chi connectivity index (χ3v) is 7.43. The molecule has 13 nitrogen and oxygen atoms in total. The number of carbonyl (C=O) groups is 4. The molecule has 3 rings (SSSR count). The number of ether oxygens (including phenoxy) is 3. The van der Waals surface area contributed by atoms with Crippen LogP contribution in [0.2, 0.25) is 0 Å². The summed E-state index contributed by atoms with van der Waals surface area (Å²) in [5.41, 5.74) is 1.64. The zero-order chi connectivity index (χ0) is 34.0. The van der Waals surface area contributed by atoms with Gasteiger partial charge in [-0.2, -0.15) is 0 Å². The van der Waals surface area contributed by atoms with Gasteiger partial charge in [-0.05, 0) is 65.2 Å². The van der Waals surface area contributed by atoms with Crippen molar-refractivity contribution in [1.29, 1.82) is 0 Å². The minimum Gasteiger partial charge on any atom is -0.445 e. The van der Waals surface area contributed by atoms with E-state index in [0.717, 1.165) is 37.1 Å². The van der Waals surface area contributed by atoms with E-state index in [1.807, 2.05) is 98.7 Å². The van der Waals surface area contributed by atoms with E-state index in [2.05, 4.69) is 21.3 Å². The fourth-order valence-electron chi connectivity index (χ4n) is 4.80. The predicted octanol–water partition coefficient (Wildman–Crippen LogP) is 2.26. The van der Waals surface area contributed by atoms with Gasteiger partial charge >= 0.3 is 12.2 Å². The largest absolute Gasteiger partial charge is 0.445 e. The average Bonchev–Trinajstić information content (AvgIpc) is 3.79. The summed E-state index contributed by atoms with van der Waals surface area (Å²) in [7, 11) is 7.81. The van der Waals surface area contributed by atoms with Gasteiger partial charge < -0.3 is 45.3 Å². The molecule has 47 heavy (non-hydrogen) atoms. The molecule has 0 saturated carbocycles. The molecule has 0 radical (unpaired) electrons. The zero-order valence-corrected chi connectivity index (χ0v) is 27.9. The first-order chi connectivity index (χ1) is 22.6. The summed E-state index contributed by atoms with van der Waals surface area (Å²) >= 11 is 0. The van der Waals surface area contributed by atoms with Gasteiger partial charge in [-0.15, -0.1) is 0 Å². The standard InChI is InChI=1S/C34H50N6O7/c1-39(2)19-11-17-35-31(41)27(37-33(43)45-23-25-13-7-5-8-14-25)21-29-30(47-29)22-28(32(42)36-18-12-20-40(3)4)38-34(44)46-24-26-15-9-6-10-16-26/h5-10,13-16,27-30H,11-12,17-24H2,1-4H3,(H,35,41)(H,36,42)(H,37,43)(H,38,44)/t27-,28-,29?,30?/m0/s1. The number of nitrogens with zero attached hydrogens (tertiary/aromatic N) is 2. The van der Waals surface area contributed by atoms with Crippen LogP contribution in [0.1, 0.15) is 36.8 Å². The highest BCUT2D eigenvalue weighted by molar-refractivity contribution is 5.86.